The van der Waals surface area contributed by atoms with E-state index in [-0.39, 0.29) is 16.1 Å². The second-order valence-electron chi connectivity index (χ2n) is 3.55. The molecule has 1 aromatic carbocycles. The van der Waals surface area contributed by atoms with Crippen molar-refractivity contribution in [3.05, 3.63) is 34.3 Å². The van der Waals surface area contributed by atoms with Gasteiger partial charge in [0.05, 0.1) is 12.8 Å². The molecule has 0 amide bonds. The molecule has 0 saturated heterocycles. The van der Waals surface area contributed by atoms with Crippen LogP contribution in [0.15, 0.2) is 18.2 Å². The minimum absolute atomic E-state index is 0.133. The maximum absolute atomic E-state index is 12.1. The molecule has 0 aliphatic rings. The molecule has 0 saturated carbocycles. The van der Waals surface area contributed by atoms with Crippen molar-refractivity contribution >= 4 is 11.6 Å². The van der Waals surface area contributed by atoms with E-state index in [1.807, 2.05) is 0 Å². The molecular formula is C10H7ClF6. The Balaban J connectivity index is 2.95. The molecule has 96 valence electrons. The summed E-state index contributed by atoms with van der Waals surface area (Å²) in [5, 5.41) is -0.133. The molecule has 0 radical (unpaired) electrons. The molecule has 0 aromatic heterocycles. The summed E-state index contributed by atoms with van der Waals surface area (Å²) in [5.74, 6) is 0. The van der Waals surface area contributed by atoms with E-state index in [0.717, 1.165) is 18.2 Å². The molecule has 0 N–H and O–H groups in total. The zero-order chi connectivity index (χ0) is 13.3. The minimum Gasteiger partial charge on any atom is -0.171 e. The fourth-order valence-electron chi connectivity index (χ4n) is 1.38. The minimum atomic E-state index is -4.47. The van der Waals surface area contributed by atoms with Crippen LogP contribution in [0.25, 0.3) is 0 Å². The fraction of sp³-hybridized carbons (Fsp3) is 0.400. The lowest BCUT2D eigenvalue weighted by Gasteiger charge is -2.10. The van der Waals surface area contributed by atoms with Crippen molar-refractivity contribution in [2.24, 2.45) is 0 Å². The van der Waals surface area contributed by atoms with Crippen LogP contribution in [0.2, 0.25) is 5.02 Å². The molecule has 0 spiro atoms. The van der Waals surface area contributed by atoms with E-state index >= 15 is 0 Å². The van der Waals surface area contributed by atoms with Crippen LogP contribution in [0.4, 0.5) is 26.3 Å². The first kappa shape index (κ1) is 14.2. The van der Waals surface area contributed by atoms with Gasteiger partial charge in [0.1, 0.15) is 0 Å². The lowest BCUT2D eigenvalue weighted by Crippen LogP contribution is -2.14. The van der Waals surface area contributed by atoms with Crippen LogP contribution < -0.4 is 0 Å². The molecule has 7 heteroatoms. The molecule has 0 nitrogen and oxygen atoms in total. The molecule has 1 rings (SSSR count). The van der Waals surface area contributed by atoms with E-state index < -0.39 is 25.2 Å². The second-order valence-corrected chi connectivity index (χ2v) is 3.99. The van der Waals surface area contributed by atoms with E-state index in [0.29, 0.717) is 0 Å². The molecule has 0 atom stereocenters. The van der Waals surface area contributed by atoms with Crippen LogP contribution in [0, 0.1) is 0 Å². The Kier molecular flexibility index (Phi) is 3.96. The molecule has 0 aliphatic heterocycles. The van der Waals surface area contributed by atoms with Crippen molar-refractivity contribution in [3.8, 4) is 0 Å². The molecule has 0 unspecified atom stereocenters. The van der Waals surface area contributed by atoms with Gasteiger partial charge in [0.2, 0.25) is 0 Å². The average molecular weight is 277 g/mol. The standard InChI is InChI=1S/C10H7ClF6/c11-8-2-6(4-9(12,13)14)1-7(3-8)5-10(15,16)17/h1-3H,4-5H2. The van der Waals surface area contributed by atoms with Gasteiger partial charge in [0.15, 0.2) is 0 Å². The zero-order valence-electron chi connectivity index (χ0n) is 8.29. The maximum Gasteiger partial charge on any atom is 0.393 e. The summed E-state index contributed by atoms with van der Waals surface area (Å²) in [5.41, 5.74) is -0.548. The fourth-order valence-corrected chi connectivity index (χ4v) is 1.66. The molecule has 17 heavy (non-hydrogen) atoms. The van der Waals surface area contributed by atoms with Crippen molar-refractivity contribution in [2.45, 2.75) is 25.2 Å². The first-order valence-corrected chi connectivity index (χ1v) is 4.85. The number of rotatable bonds is 2. The Hall–Kier alpha value is -0.910. The first-order chi connectivity index (χ1) is 7.55. The van der Waals surface area contributed by atoms with Gasteiger partial charge in [-0.15, -0.1) is 0 Å². The quantitative estimate of drug-likeness (QED) is 0.695. The number of benzene rings is 1. The van der Waals surface area contributed by atoms with Gasteiger partial charge in [0, 0.05) is 5.02 Å². The summed E-state index contributed by atoms with van der Waals surface area (Å²) in [7, 11) is 0. The topological polar surface area (TPSA) is 0 Å². The van der Waals surface area contributed by atoms with Gasteiger partial charge < -0.3 is 0 Å². The van der Waals surface area contributed by atoms with Gasteiger partial charge in [-0.2, -0.15) is 26.3 Å². The Morgan fingerprint density at radius 3 is 1.41 bits per heavy atom. The number of hydrogen-bond donors (Lipinski definition) is 0. The van der Waals surface area contributed by atoms with Crippen LogP contribution in [-0.4, -0.2) is 12.4 Å². The Morgan fingerprint density at radius 1 is 0.765 bits per heavy atom. The third kappa shape index (κ3) is 5.81. The molecule has 0 aliphatic carbocycles. The van der Waals surface area contributed by atoms with Crippen LogP contribution in [0.3, 0.4) is 0 Å². The van der Waals surface area contributed by atoms with Crippen LogP contribution in [-0.2, 0) is 12.8 Å². The summed E-state index contributed by atoms with van der Waals surface area (Å²) >= 11 is 5.47. The van der Waals surface area contributed by atoms with Gasteiger partial charge in [-0.3, -0.25) is 0 Å². The normalized spacial score (nSPS) is 12.9. The van der Waals surface area contributed by atoms with Crippen LogP contribution in [0.1, 0.15) is 11.1 Å². The van der Waals surface area contributed by atoms with Gasteiger partial charge in [-0.25, -0.2) is 0 Å². The monoisotopic (exact) mass is 276 g/mol. The number of alkyl halides is 6. The number of halogens is 7. The molecule has 0 fully saturated rings. The van der Waals surface area contributed by atoms with Gasteiger partial charge >= 0.3 is 12.4 Å². The smallest absolute Gasteiger partial charge is 0.171 e. The Bertz CT molecular complexity index is 359. The SMILES string of the molecule is FC(F)(F)Cc1cc(Cl)cc(CC(F)(F)F)c1. The van der Waals surface area contributed by atoms with Gasteiger partial charge in [-0.1, -0.05) is 17.7 Å². The Morgan fingerprint density at radius 2 is 1.12 bits per heavy atom. The highest BCUT2D eigenvalue weighted by Gasteiger charge is 2.30. The van der Waals surface area contributed by atoms with Crippen molar-refractivity contribution in [1.82, 2.24) is 0 Å². The average Bonchev–Trinajstić information content (AvgIpc) is 1.93. The second kappa shape index (κ2) is 4.76. The summed E-state index contributed by atoms with van der Waals surface area (Å²) in [6.07, 6.45) is -11.5. The van der Waals surface area contributed by atoms with Gasteiger partial charge in [-0.05, 0) is 23.3 Å². The van der Waals surface area contributed by atoms with Gasteiger partial charge in [0.25, 0.3) is 0 Å². The largest absolute Gasteiger partial charge is 0.393 e. The molecular weight excluding hydrogens is 270 g/mol. The summed E-state index contributed by atoms with van der Waals surface area (Å²) in [6.45, 7) is 0. The van der Waals surface area contributed by atoms with E-state index in [1.165, 1.54) is 0 Å². The summed E-state index contributed by atoms with van der Waals surface area (Å²) in [6, 6.07) is 2.89. The first-order valence-electron chi connectivity index (χ1n) is 4.47. The van der Waals surface area contributed by atoms with Crippen molar-refractivity contribution < 1.29 is 26.3 Å². The van der Waals surface area contributed by atoms with Crippen LogP contribution >= 0.6 is 11.6 Å². The maximum atomic E-state index is 12.1. The summed E-state index contributed by atoms with van der Waals surface area (Å²) in [4.78, 5) is 0. The summed E-state index contributed by atoms with van der Waals surface area (Å²) < 4.78 is 72.5. The number of hydrogen-bond acceptors (Lipinski definition) is 0. The predicted molar refractivity (Wildman–Crippen MR) is 51.0 cm³/mol. The van der Waals surface area contributed by atoms with E-state index in [9.17, 15) is 26.3 Å². The lowest BCUT2D eigenvalue weighted by molar-refractivity contribution is -0.127. The highest BCUT2D eigenvalue weighted by molar-refractivity contribution is 6.30. The molecule has 1 aromatic rings. The van der Waals surface area contributed by atoms with E-state index in [2.05, 4.69) is 0 Å². The van der Waals surface area contributed by atoms with Crippen molar-refractivity contribution in [2.75, 3.05) is 0 Å². The van der Waals surface area contributed by atoms with Crippen molar-refractivity contribution in [1.29, 1.82) is 0 Å². The van der Waals surface area contributed by atoms with E-state index in [4.69, 9.17) is 11.6 Å². The molecule has 0 heterocycles. The van der Waals surface area contributed by atoms with E-state index in [1.54, 1.807) is 0 Å². The third-order valence-electron chi connectivity index (χ3n) is 1.83. The Labute approximate surface area is 98.2 Å². The lowest BCUT2D eigenvalue weighted by atomic mass is 10.1. The third-order valence-corrected chi connectivity index (χ3v) is 2.04. The highest BCUT2D eigenvalue weighted by Crippen LogP contribution is 2.27. The molecule has 0 bridgehead atoms. The zero-order valence-corrected chi connectivity index (χ0v) is 9.05. The van der Waals surface area contributed by atoms with Crippen molar-refractivity contribution in [3.63, 3.8) is 0 Å². The van der Waals surface area contributed by atoms with Crippen LogP contribution in [0.5, 0.6) is 0 Å². The highest BCUT2D eigenvalue weighted by atomic mass is 35.5. The predicted octanol–water partition coefficient (Wildman–Crippen LogP) is 4.55.